The van der Waals surface area contributed by atoms with Crippen molar-refractivity contribution in [3.05, 3.63) is 94.5 Å². The highest BCUT2D eigenvalue weighted by molar-refractivity contribution is 5.98. The number of hydrogen-bond acceptors (Lipinski definition) is 5. The van der Waals surface area contributed by atoms with E-state index in [2.05, 4.69) is 29.6 Å². The molecule has 2 aliphatic rings. The van der Waals surface area contributed by atoms with E-state index >= 15 is 0 Å². The molecule has 0 fully saturated rings. The summed E-state index contributed by atoms with van der Waals surface area (Å²) >= 11 is 0. The lowest BCUT2D eigenvalue weighted by atomic mass is 9.88. The summed E-state index contributed by atoms with van der Waals surface area (Å²) in [4.78, 5) is 24.5. The molecule has 2 aliphatic carbocycles. The topological polar surface area (TPSA) is 95.9 Å². The number of carbonyl (C=O) groups excluding carboxylic acids is 2. The third-order valence-corrected chi connectivity index (χ3v) is 7.04. The van der Waals surface area contributed by atoms with Gasteiger partial charge in [0.05, 0.1) is 6.10 Å². The Hall–Kier alpha value is -3.48. The van der Waals surface area contributed by atoms with Gasteiger partial charge in [0.2, 0.25) is 0 Å². The summed E-state index contributed by atoms with van der Waals surface area (Å²) < 4.78 is 5.51. The van der Waals surface area contributed by atoms with Crippen LogP contribution < -0.4 is 5.32 Å². The molecule has 0 saturated heterocycles. The van der Waals surface area contributed by atoms with E-state index in [0.29, 0.717) is 17.5 Å². The lowest BCUT2D eigenvalue weighted by molar-refractivity contribution is 0.0136. The Kier molecular flexibility index (Phi) is 6.66. The van der Waals surface area contributed by atoms with Crippen molar-refractivity contribution >= 4 is 11.9 Å². The zero-order chi connectivity index (χ0) is 24.4. The molecular formula is C29H29NO5. The van der Waals surface area contributed by atoms with Gasteiger partial charge in [0.1, 0.15) is 12.7 Å². The fourth-order valence-corrected chi connectivity index (χ4v) is 5.18. The van der Waals surface area contributed by atoms with Crippen LogP contribution >= 0.6 is 0 Å². The van der Waals surface area contributed by atoms with Crippen LogP contribution in [0.15, 0.2) is 66.7 Å². The first-order chi connectivity index (χ1) is 17.0. The summed E-state index contributed by atoms with van der Waals surface area (Å²) in [5.74, 6) is 0.0546. The van der Waals surface area contributed by atoms with Crippen molar-refractivity contribution in [2.45, 2.75) is 43.8 Å². The SMILES string of the molecule is O=C(NCCC(O)C(O)c1ccc2c(c1)C(=O)CCC2)OCC1c2ccccc2-c2ccccc21. The molecule has 6 nitrogen and oxygen atoms in total. The molecule has 0 heterocycles. The monoisotopic (exact) mass is 471 g/mol. The lowest BCUT2D eigenvalue weighted by Gasteiger charge is -2.21. The molecule has 180 valence electrons. The van der Waals surface area contributed by atoms with Gasteiger partial charge < -0.3 is 20.3 Å². The third-order valence-electron chi connectivity index (χ3n) is 7.04. The molecule has 3 aromatic rings. The molecule has 0 aliphatic heterocycles. The van der Waals surface area contributed by atoms with Gasteiger partial charge in [-0.2, -0.15) is 0 Å². The minimum Gasteiger partial charge on any atom is -0.449 e. The number of amides is 1. The van der Waals surface area contributed by atoms with Gasteiger partial charge in [0.15, 0.2) is 5.78 Å². The largest absolute Gasteiger partial charge is 0.449 e. The molecule has 35 heavy (non-hydrogen) atoms. The molecule has 5 rings (SSSR count). The highest BCUT2D eigenvalue weighted by atomic mass is 16.5. The standard InChI is InChI=1S/C29H29NO5/c31-26-11-5-6-18-12-13-19(16-24(18)26)28(33)27(32)14-15-30-29(34)35-17-25-22-9-3-1-7-20(22)21-8-2-4-10-23(21)25/h1-4,7-10,12-13,16,25,27-28,32-33H,5-6,11,14-15,17H2,(H,30,34). The number of aryl methyl sites for hydroxylation is 1. The van der Waals surface area contributed by atoms with Crippen molar-refractivity contribution in [2.75, 3.05) is 13.2 Å². The Morgan fingerprint density at radius 3 is 2.34 bits per heavy atom. The predicted octanol–water partition coefficient (Wildman–Crippen LogP) is 4.53. The summed E-state index contributed by atoms with van der Waals surface area (Å²) in [5.41, 5.74) is 6.75. The number of hydrogen-bond donors (Lipinski definition) is 3. The number of fused-ring (bicyclic) bond motifs is 4. The van der Waals surface area contributed by atoms with Crippen molar-refractivity contribution in [1.29, 1.82) is 0 Å². The molecule has 0 aromatic heterocycles. The highest BCUT2D eigenvalue weighted by Gasteiger charge is 2.29. The van der Waals surface area contributed by atoms with Crippen LogP contribution in [0.3, 0.4) is 0 Å². The van der Waals surface area contributed by atoms with Crippen molar-refractivity contribution in [2.24, 2.45) is 0 Å². The van der Waals surface area contributed by atoms with E-state index in [9.17, 15) is 19.8 Å². The second kappa shape index (κ2) is 10.0. The minimum absolute atomic E-state index is 0.0210. The van der Waals surface area contributed by atoms with Crippen molar-refractivity contribution in [3.8, 4) is 11.1 Å². The van der Waals surface area contributed by atoms with E-state index in [0.717, 1.165) is 40.7 Å². The summed E-state index contributed by atoms with van der Waals surface area (Å²) in [5, 5.41) is 23.7. The Morgan fingerprint density at radius 1 is 0.943 bits per heavy atom. The summed E-state index contributed by atoms with van der Waals surface area (Å²) in [6.07, 6.45) is -0.426. The van der Waals surface area contributed by atoms with Crippen LogP contribution in [-0.2, 0) is 11.2 Å². The summed E-state index contributed by atoms with van der Waals surface area (Å²) in [6, 6.07) is 21.6. The quantitative estimate of drug-likeness (QED) is 0.471. The Bertz CT molecular complexity index is 1210. The number of benzene rings is 3. The van der Waals surface area contributed by atoms with E-state index in [-0.39, 0.29) is 31.3 Å². The Morgan fingerprint density at radius 2 is 1.63 bits per heavy atom. The van der Waals surface area contributed by atoms with Crippen LogP contribution in [0.2, 0.25) is 0 Å². The molecule has 1 amide bonds. The first-order valence-corrected chi connectivity index (χ1v) is 12.1. The van der Waals surface area contributed by atoms with Crippen molar-refractivity contribution < 1.29 is 24.5 Å². The minimum atomic E-state index is -1.14. The van der Waals surface area contributed by atoms with E-state index in [1.807, 2.05) is 30.3 Å². The number of Topliss-reactive ketones (excluding diaryl/α,β-unsaturated/α-hetero) is 1. The van der Waals surface area contributed by atoms with E-state index in [1.165, 1.54) is 0 Å². The maximum absolute atomic E-state index is 12.3. The Labute approximate surface area is 204 Å². The van der Waals surface area contributed by atoms with Crippen LogP contribution in [0.4, 0.5) is 4.79 Å². The smallest absolute Gasteiger partial charge is 0.407 e. The average molecular weight is 472 g/mol. The first kappa shape index (κ1) is 23.3. The van der Waals surface area contributed by atoms with E-state index in [4.69, 9.17) is 4.74 Å². The number of ketones is 1. The maximum atomic E-state index is 12.3. The molecule has 0 spiro atoms. The Balaban J connectivity index is 1.13. The molecule has 6 heteroatoms. The lowest BCUT2D eigenvalue weighted by Crippen LogP contribution is -2.30. The number of aliphatic hydroxyl groups is 2. The summed E-state index contributed by atoms with van der Waals surface area (Å²) in [6.45, 7) is 0.368. The molecule has 2 atom stereocenters. The van der Waals surface area contributed by atoms with Gasteiger partial charge in [-0.05, 0) is 58.7 Å². The average Bonchev–Trinajstić information content (AvgIpc) is 3.21. The van der Waals surface area contributed by atoms with Crippen molar-refractivity contribution in [1.82, 2.24) is 5.32 Å². The zero-order valence-electron chi connectivity index (χ0n) is 19.4. The van der Waals surface area contributed by atoms with E-state index < -0.39 is 18.3 Å². The van der Waals surface area contributed by atoms with Gasteiger partial charge in [-0.1, -0.05) is 60.7 Å². The van der Waals surface area contributed by atoms with Gasteiger partial charge in [-0.3, -0.25) is 4.79 Å². The van der Waals surface area contributed by atoms with Crippen LogP contribution in [0.1, 0.15) is 63.9 Å². The molecule has 0 radical (unpaired) electrons. The number of nitrogens with one attached hydrogen (secondary N) is 1. The van der Waals surface area contributed by atoms with Crippen LogP contribution in [-0.4, -0.2) is 41.3 Å². The zero-order valence-corrected chi connectivity index (χ0v) is 19.4. The van der Waals surface area contributed by atoms with Gasteiger partial charge in [-0.25, -0.2) is 4.79 Å². The predicted molar refractivity (Wildman–Crippen MR) is 132 cm³/mol. The normalized spacial score (nSPS) is 16.1. The molecule has 0 bridgehead atoms. The number of carbonyl (C=O) groups is 2. The highest BCUT2D eigenvalue weighted by Crippen LogP contribution is 2.44. The number of alkyl carbamates (subject to hydrolysis) is 1. The van der Waals surface area contributed by atoms with Gasteiger partial charge >= 0.3 is 6.09 Å². The number of rotatable bonds is 7. The summed E-state index contributed by atoms with van der Waals surface area (Å²) in [7, 11) is 0. The van der Waals surface area contributed by atoms with Gasteiger partial charge in [-0.15, -0.1) is 0 Å². The first-order valence-electron chi connectivity index (χ1n) is 12.1. The second-order valence-corrected chi connectivity index (χ2v) is 9.25. The molecule has 3 aromatic carbocycles. The second-order valence-electron chi connectivity index (χ2n) is 9.25. The molecule has 3 N–H and O–H groups in total. The number of aliphatic hydroxyl groups excluding tert-OH is 2. The van der Waals surface area contributed by atoms with Crippen molar-refractivity contribution in [3.63, 3.8) is 0 Å². The third kappa shape index (κ3) is 4.72. The maximum Gasteiger partial charge on any atom is 0.407 e. The van der Waals surface area contributed by atoms with Crippen LogP contribution in [0.5, 0.6) is 0 Å². The van der Waals surface area contributed by atoms with Crippen LogP contribution in [0.25, 0.3) is 11.1 Å². The van der Waals surface area contributed by atoms with Gasteiger partial charge in [0, 0.05) is 24.4 Å². The fourth-order valence-electron chi connectivity index (χ4n) is 5.18. The van der Waals surface area contributed by atoms with Crippen LogP contribution in [0, 0.1) is 0 Å². The van der Waals surface area contributed by atoms with Gasteiger partial charge in [0.25, 0.3) is 0 Å². The molecular weight excluding hydrogens is 442 g/mol. The fraction of sp³-hybridized carbons (Fsp3) is 0.310. The molecule has 0 saturated carbocycles. The number of ether oxygens (including phenoxy) is 1. The van der Waals surface area contributed by atoms with E-state index in [1.54, 1.807) is 12.1 Å². The molecule has 2 unspecified atom stereocenters.